The standard InChI is InChI=1S/C20H21N3O6/c24-16(8-9-21-20(28)29-11-12-4-2-1-3-5-12)18(25)13-6-7-15-14(10-13)17(19(26)27)23-22-15/h1-7,10,16,18,24-25H,8-9,11H2,(H,21,28)(H,22,23)(H,26,27). The Morgan fingerprint density at radius 2 is 1.90 bits per heavy atom. The van der Waals surface area contributed by atoms with Crippen molar-refractivity contribution in [1.82, 2.24) is 15.5 Å². The summed E-state index contributed by atoms with van der Waals surface area (Å²) in [5, 5.41) is 38.9. The van der Waals surface area contributed by atoms with E-state index in [-0.39, 0.29) is 25.3 Å². The number of aromatic amines is 1. The van der Waals surface area contributed by atoms with Gasteiger partial charge in [-0.3, -0.25) is 5.10 Å². The minimum atomic E-state index is -1.25. The molecule has 0 fully saturated rings. The van der Waals surface area contributed by atoms with Gasteiger partial charge in [-0.15, -0.1) is 0 Å². The van der Waals surface area contributed by atoms with E-state index in [0.717, 1.165) is 5.56 Å². The summed E-state index contributed by atoms with van der Waals surface area (Å²) in [6, 6.07) is 13.8. The number of alkyl carbamates (subject to hydrolysis) is 1. The van der Waals surface area contributed by atoms with Crippen LogP contribution in [0.25, 0.3) is 10.9 Å². The third-order valence-electron chi connectivity index (χ3n) is 4.42. The maximum atomic E-state index is 11.7. The Labute approximate surface area is 165 Å². The lowest BCUT2D eigenvalue weighted by atomic mass is 10.00. The lowest BCUT2D eigenvalue weighted by molar-refractivity contribution is 0.0137. The molecule has 0 aliphatic carbocycles. The van der Waals surface area contributed by atoms with Gasteiger partial charge in [-0.1, -0.05) is 36.4 Å². The molecule has 2 atom stereocenters. The molecule has 1 aromatic heterocycles. The van der Waals surface area contributed by atoms with Gasteiger partial charge in [0.2, 0.25) is 0 Å². The van der Waals surface area contributed by atoms with Gasteiger partial charge in [-0.2, -0.15) is 5.10 Å². The SMILES string of the molecule is O=C(NCCC(O)C(O)c1ccc2[nH]nc(C(=O)O)c2c1)OCc1ccccc1. The van der Waals surface area contributed by atoms with Crippen molar-refractivity contribution in [2.75, 3.05) is 6.54 Å². The average molecular weight is 399 g/mol. The summed E-state index contributed by atoms with van der Waals surface area (Å²) < 4.78 is 5.07. The second-order valence-electron chi connectivity index (χ2n) is 6.47. The summed E-state index contributed by atoms with van der Waals surface area (Å²) in [6.07, 6.45) is -2.96. The summed E-state index contributed by atoms with van der Waals surface area (Å²) in [7, 11) is 0. The monoisotopic (exact) mass is 399 g/mol. The molecule has 2 aromatic carbocycles. The first-order valence-electron chi connectivity index (χ1n) is 8.97. The molecule has 1 heterocycles. The van der Waals surface area contributed by atoms with Crippen LogP contribution in [0.5, 0.6) is 0 Å². The predicted molar refractivity (Wildman–Crippen MR) is 103 cm³/mol. The Balaban J connectivity index is 1.50. The van der Waals surface area contributed by atoms with Crippen LogP contribution in [-0.4, -0.2) is 50.2 Å². The molecule has 0 saturated carbocycles. The van der Waals surface area contributed by atoms with E-state index in [4.69, 9.17) is 9.84 Å². The van der Waals surface area contributed by atoms with E-state index in [1.165, 1.54) is 6.07 Å². The first-order chi connectivity index (χ1) is 14.0. The van der Waals surface area contributed by atoms with Gasteiger partial charge in [0.05, 0.1) is 11.6 Å². The lowest BCUT2D eigenvalue weighted by Gasteiger charge is -2.18. The molecule has 5 N–H and O–H groups in total. The fourth-order valence-electron chi connectivity index (χ4n) is 2.85. The molecule has 0 spiro atoms. The third-order valence-corrected chi connectivity index (χ3v) is 4.42. The van der Waals surface area contributed by atoms with E-state index in [1.807, 2.05) is 30.3 Å². The number of carbonyl (C=O) groups is 2. The minimum Gasteiger partial charge on any atom is -0.476 e. The molecule has 3 aromatic rings. The van der Waals surface area contributed by atoms with Gasteiger partial charge in [0.15, 0.2) is 5.69 Å². The van der Waals surface area contributed by atoms with Crippen LogP contribution < -0.4 is 5.32 Å². The second kappa shape index (κ2) is 9.18. The Kier molecular flexibility index (Phi) is 6.43. The number of aliphatic hydroxyl groups is 2. The zero-order valence-corrected chi connectivity index (χ0v) is 15.4. The number of benzene rings is 2. The average Bonchev–Trinajstić information content (AvgIpc) is 3.16. The number of H-pyrrole nitrogens is 1. The largest absolute Gasteiger partial charge is 0.476 e. The number of nitrogens with one attached hydrogen (secondary N) is 2. The van der Waals surface area contributed by atoms with Crippen LogP contribution in [0.15, 0.2) is 48.5 Å². The first kappa shape index (κ1) is 20.3. The number of fused-ring (bicyclic) bond motifs is 1. The summed E-state index contributed by atoms with van der Waals surface area (Å²) >= 11 is 0. The van der Waals surface area contributed by atoms with E-state index < -0.39 is 24.3 Å². The van der Waals surface area contributed by atoms with E-state index >= 15 is 0 Å². The van der Waals surface area contributed by atoms with Gasteiger partial charge in [0.25, 0.3) is 0 Å². The normalized spacial score (nSPS) is 13.0. The van der Waals surface area contributed by atoms with Gasteiger partial charge in [-0.05, 0) is 29.7 Å². The van der Waals surface area contributed by atoms with Gasteiger partial charge in [-0.25, -0.2) is 9.59 Å². The number of nitrogens with zero attached hydrogens (tertiary/aromatic N) is 1. The number of aliphatic hydroxyl groups excluding tert-OH is 2. The van der Waals surface area contributed by atoms with Crippen LogP contribution in [0.4, 0.5) is 4.79 Å². The van der Waals surface area contributed by atoms with E-state index in [0.29, 0.717) is 16.5 Å². The highest BCUT2D eigenvalue weighted by atomic mass is 16.5. The number of hydrogen-bond acceptors (Lipinski definition) is 6. The molecule has 1 amide bonds. The van der Waals surface area contributed by atoms with E-state index in [9.17, 15) is 19.8 Å². The molecule has 0 aliphatic rings. The molecule has 0 saturated heterocycles. The number of carboxylic acids is 1. The quantitative estimate of drug-likeness (QED) is 0.389. The number of carbonyl (C=O) groups excluding carboxylic acids is 1. The molecular weight excluding hydrogens is 378 g/mol. The first-order valence-corrected chi connectivity index (χ1v) is 8.97. The summed E-state index contributed by atoms with van der Waals surface area (Å²) in [4.78, 5) is 22.9. The van der Waals surface area contributed by atoms with Crippen molar-refractivity contribution in [1.29, 1.82) is 0 Å². The van der Waals surface area contributed by atoms with Crippen molar-refractivity contribution < 1.29 is 29.6 Å². The van der Waals surface area contributed by atoms with Gasteiger partial charge in [0.1, 0.15) is 12.7 Å². The molecule has 3 rings (SSSR count). The fraction of sp³-hybridized carbons (Fsp3) is 0.250. The molecule has 9 nitrogen and oxygen atoms in total. The van der Waals surface area contributed by atoms with Crippen molar-refractivity contribution in [2.45, 2.75) is 25.2 Å². The minimum absolute atomic E-state index is 0.0802. The highest BCUT2D eigenvalue weighted by Gasteiger charge is 2.21. The maximum absolute atomic E-state index is 11.7. The van der Waals surface area contributed by atoms with Gasteiger partial charge >= 0.3 is 12.1 Å². The van der Waals surface area contributed by atoms with Crippen LogP contribution >= 0.6 is 0 Å². The highest BCUT2D eigenvalue weighted by molar-refractivity contribution is 6.01. The smallest absolute Gasteiger partial charge is 0.407 e. The van der Waals surface area contributed by atoms with Crippen LogP contribution in [0.3, 0.4) is 0 Å². The number of aromatic nitrogens is 2. The summed E-state index contributed by atoms with van der Waals surface area (Å²) in [6.45, 7) is 0.231. The van der Waals surface area contributed by atoms with Crippen LogP contribution in [0.2, 0.25) is 0 Å². The number of carboxylic acid groups (broad SMARTS) is 1. The molecular formula is C20H21N3O6. The second-order valence-corrected chi connectivity index (χ2v) is 6.47. The summed E-state index contributed by atoms with van der Waals surface area (Å²) in [5.41, 5.74) is 1.55. The number of amides is 1. The number of ether oxygens (including phenoxy) is 1. The number of aromatic carboxylic acids is 1. The fourth-order valence-corrected chi connectivity index (χ4v) is 2.85. The van der Waals surface area contributed by atoms with Crippen molar-refractivity contribution in [3.05, 3.63) is 65.4 Å². The zero-order valence-electron chi connectivity index (χ0n) is 15.4. The van der Waals surface area contributed by atoms with E-state index in [1.54, 1.807) is 12.1 Å². The van der Waals surface area contributed by atoms with Crippen LogP contribution in [-0.2, 0) is 11.3 Å². The Morgan fingerprint density at radius 1 is 1.14 bits per heavy atom. The van der Waals surface area contributed by atoms with Crippen molar-refractivity contribution in [3.8, 4) is 0 Å². The summed E-state index contributed by atoms with van der Waals surface area (Å²) in [5.74, 6) is -1.19. The highest BCUT2D eigenvalue weighted by Crippen LogP contribution is 2.24. The zero-order chi connectivity index (χ0) is 20.8. The Morgan fingerprint density at radius 3 is 2.62 bits per heavy atom. The predicted octanol–water partition coefficient (Wildman–Crippen LogP) is 1.97. The third kappa shape index (κ3) is 5.09. The molecule has 152 valence electrons. The Bertz CT molecular complexity index is 988. The topological polar surface area (TPSA) is 145 Å². The van der Waals surface area contributed by atoms with E-state index in [2.05, 4.69) is 15.5 Å². The molecule has 0 aliphatic heterocycles. The van der Waals surface area contributed by atoms with Crippen LogP contribution in [0.1, 0.15) is 34.1 Å². The molecule has 0 bridgehead atoms. The van der Waals surface area contributed by atoms with Crippen molar-refractivity contribution >= 4 is 23.0 Å². The molecule has 29 heavy (non-hydrogen) atoms. The Hall–Kier alpha value is -3.43. The molecule has 0 radical (unpaired) electrons. The van der Waals surface area contributed by atoms with Crippen molar-refractivity contribution in [3.63, 3.8) is 0 Å². The van der Waals surface area contributed by atoms with Crippen LogP contribution in [0, 0.1) is 0 Å². The number of rotatable bonds is 8. The molecule has 9 heteroatoms. The molecule has 2 unspecified atom stereocenters. The van der Waals surface area contributed by atoms with Gasteiger partial charge in [0, 0.05) is 11.9 Å². The maximum Gasteiger partial charge on any atom is 0.407 e. The van der Waals surface area contributed by atoms with Crippen molar-refractivity contribution in [2.24, 2.45) is 0 Å². The number of hydrogen-bond donors (Lipinski definition) is 5. The lowest BCUT2D eigenvalue weighted by Crippen LogP contribution is -2.29. The van der Waals surface area contributed by atoms with Gasteiger partial charge < -0.3 is 25.4 Å².